The second-order valence-electron chi connectivity index (χ2n) is 7.42. The van der Waals surface area contributed by atoms with Crippen LogP contribution in [0.15, 0.2) is 36.4 Å². The van der Waals surface area contributed by atoms with Gasteiger partial charge in [0.05, 0.1) is 0 Å². The summed E-state index contributed by atoms with van der Waals surface area (Å²) in [4.78, 5) is 2.31. The highest BCUT2D eigenvalue weighted by Crippen LogP contribution is 2.39. The van der Waals surface area contributed by atoms with Gasteiger partial charge in [0.2, 0.25) is 0 Å². The Morgan fingerprint density at radius 2 is 1.96 bits per heavy atom. The lowest BCUT2D eigenvalue weighted by molar-refractivity contribution is 0.295. The first kappa shape index (κ1) is 17.8. The zero-order chi connectivity index (χ0) is 17.5. The first-order valence-corrected chi connectivity index (χ1v) is 9.04. The van der Waals surface area contributed by atoms with Gasteiger partial charge in [-0.05, 0) is 41.4 Å². The van der Waals surface area contributed by atoms with Crippen molar-refractivity contribution in [3.63, 3.8) is 0 Å². The number of fused-ring (bicyclic) bond motifs is 1. The summed E-state index contributed by atoms with van der Waals surface area (Å²) in [6, 6.07) is 12.7. The van der Waals surface area contributed by atoms with Gasteiger partial charge in [0, 0.05) is 41.0 Å². The molecule has 0 saturated heterocycles. The van der Waals surface area contributed by atoms with E-state index in [-0.39, 0.29) is 11.3 Å². The second kappa shape index (κ2) is 6.68. The minimum atomic E-state index is -0.0363. The fraction of sp³-hybridized carbons (Fsp3) is 0.400. The van der Waals surface area contributed by atoms with Crippen LogP contribution < -0.4 is 5.73 Å². The maximum absolute atomic E-state index is 6.46. The molecule has 0 spiro atoms. The van der Waals surface area contributed by atoms with Crippen molar-refractivity contribution < 1.29 is 0 Å². The Morgan fingerprint density at radius 3 is 2.67 bits per heavy atom. The highest BCUT2D eigenvalue weighted by molar-refractivity contribution is 6.35. The third-order valence-electron chi connectivity index (χ3n) is 5.07. The predicted molar refractivity (Wildman–Crippen MR) is 103 cm³/mol. The molecule has 0 amide bonds. The summed E-state index contributed by atoms with van der Waals surface area (Å²) >= 11 is 12.7. The Balaban J connectivity index is 2.10. The van der Waals surface area contributed by atoms with Crippen LogP contribution in [0.4, 0.5) is 0 Å². The van der Waals surface area contributed by atoms with E-state index in [1.165, 1.54) is 22.3 Å². The quantitative estimate of drug-likeness (QED) is 0.848. The summed E-state index contributed by atoms with van der Waals surface area (Å²) in [7, 11) is 2.13. The molecule has 0 bridgehead atoms. The zero-order valence-electron chi connectivity index (χ0n) is 14.4. The van der Waals surface area contributed by atoms with Gasteiger partial charge in [-0.1, -0.05) is 61.3 Å². The fourth-order valence-electron chi connectivity index (χ4n) is 3.42. The molecule has 1 heterocycles. The first-order valence-electron chi connectivity index (χ1n) is 8.28. The summed E-state index contributed by atoms with van der Waals surface area (Å²) in [5.74, 6) is 0.267. The number of benzene rings is 2. The normalized spacial score (nSPS) is 18.5. The Kier molecular flexibility index (Phi) is 4.94. The van der Waals surface area contributed by atoms with Gasteiger partial charge in [-0.15, -0.1) is 0 Å². The number of rotatable bonds is 3. The molecular formula is C20H24Cl2N2. The molecule has 0 aromatic heterocycles. The van der Waals surface area contributed by atoms with Crippen LogP contribution in [-0.2, 0) is 12.0 Å². The molecule has 24 heavy (non-hydrogen) atoms. The number of hydrogen-bond donors (Lipinski definition) is 1. The average Bonchev–Trinajstić information content (AvgIpc) is 2.55. The smallest absolute Gasteiger partial charge is 0.0468 e. The van der Waals surface area contributed by atoms with E-state index in [0.717, 1.165) is 18.1 Å². The molecule has 1 aliphatic heterocycles. The van der Waals surface area contributed by atoms with E-state index < -0.39 is 0 Å². The number of nitrogens with two attached hydrogens (primary N) is 1. The van der Waals surface area contributed by atoms with Gasteiger partial charge in [0.1, 0.15) is 0 Å². The molecule has 1 unspecified atom stereocenters. The average molecular weight is 363 g/mol. The molecule has 3 rings (SSSR count). The van der Waals surface area contributed by atoms with Crippen molar-refractivity contribution in [2.45, 2.75) is 31.7 Å². The van der Waals surface area contributed by atoms with Gasteiger partial charge in [-0.3, -0.25) is 0 Å². The standard InChI is InChI=1S/C20H24Cl2N2/c1-20(2,12-23)14-6-4-5-13(7-14)17-10-24(3)11-18-16(17)8-15(21)9-19(18)22/h4-9,17H,10-12,23H2,1-3H3. The van der Waals surface area contributed by atoms with Crippen LogP contribution in [-0.4, -0.2) is 25.0 Å². The lowest BCUT2D eigenvalue weighted by Gasteiger charge is -2.34. The molecular weight excluding hydrogens is 339 g/mol. The van der Waals surface area contributed by atoms with E-state index in [1.54, 1.807) is 0 Å². The van der Waals surface area contributed by atoms with Gasteiger partial charge in [0.15, 0.2) is 0 Å². The Morgan fingerprint density at radius 1 is 1.21 bits per heavy atom. The van der Waals surface area contributed by atoms with Crippen molar-refractivity contribution in [3.8, 4) is 0 Å². The largest absolute Gasteiger partial charge is 0.330 e. The van der Waals surface area contributed by atoms with Crippen LogP contribution in [0.5, 0.6) is 0 Å². The number of halogens is 2. The second-order valence-corrected chi connectivity index (χ2v) is 8.26. The van der Waals surface area contributed by atoms with E-state index in [0.29, 0.717) is 11.6 Å². The fourth-order valence-corrected chi connectivity index (χ4v) is 3.99. The summed E-state index contributed by atoms with van der Waals surface area (Å²) in [6.07, 6.45) is 0. The molecule has 0 saturated carbocycles. The Hall–Kier alpha value is -1.06. The van der Waals surface area contributed by atoms with Gasteiger partial charge < -0.3 is 10.6 Å². The van der Waals surface area contributed by atoms with Crippen LogP contribution in [0.1, 0.15) is 42.0 Å². The van der Waals surface area contributed by atoms with Crippen molar-refractivity contribution in [1.29, 1.82) is 0 Å². The summed E-state index contributed by atoms with van der Waals surface area (Å²) in [5.41, 5.74) is 10.9. The van der Waals surface area contributed by atoms with E-state index in [2.05, 4.69) is 56.1 Å². The first-order chi connectivity index (χ1) is 11.3. The molecule has 2 aromatic rings. The van der Waals surface area contributed by atoms with Crippen LogP contribution in [0.25, 0.3) is 0 Å². The maximum Gasteiger partial charge on any atom is 0.0468 e. The third-order valence-corrected chi connectivity index (χ3v) is 5.63. The lowest BCUT2D eigenvalue weighted by Crippen LogP contribution is -2.32. The number of likely N-dealkylation sites (N-methyl/N-ethyl adjacent to an activating group) is 1. The third kappa shape index (κ3) is 3.34. The molecule has 1 atom stereocenters. The molecule has 1 aliphatic rings. The van der Waals surface area contributed by atoms with E-state index >= 15 is 0 Å². The lowest BCUT2D eigenvalue weighted by atomic mass is 9.80. The maximum atomic E-state index is 6.46. The zero-order valence-corrected chi connectivity index (χ0v) is 16.0. The van der Waals surface area contributed by atoms with Crippen molar-refractivity contribution >= 4 is 23.2 Å². The minimum Gasteiger partial charge on any atom is -0.330 e. The number of hydrogen-bond acceptors (Lipinski definition) is 2. The molecule has 0 aliphatic carbocycles. The molecule has 0 radical (unpaired) electrons. The van der Waals surface area contributed by atoms with Crippen LogP contribution >= 0.6 is 23.2 Å². The van der Waals surface area contributed by atoms with E-state index in [1.807, 2.05) is 6.07 Å². The Bertz CT molecular complexity index is 755. The molecule has 4 heteroatoms. The van der Waals surface area contributed by atoms with Crippen molar-refractivity contribution in [2.24, 2.45) is 5.73 Å². The molecule has 128 valence electrons. The van der Waals surface area contributed by atoms with Gasteiger partial charge in [-0.2, -0.15) is 0 Å². The Labute approximate surface area is 154 Å². The predicted octanol–water partition coefficient (Wildman–Crippen LogP) is 4.81. The van der Waals surface area contributed by atoms with Crippen LogP contribution in [0.2, 0.25) is 10.0 Å². The van der Waals surface area contributed by atoms with Crippen LogP contribution in [0, 0.1) is 0 Å². The van der Waals surface area contributed by atoms with Crippen LogP contribution in [0.3, 0.4) is 0 Å². The monoisotopic (exact) mass is 362 g/mol. The minimum absolute atomic E-state index is 0.0363. The van der Waals surface area contributed by atoms with Gasteiger partial charge in [0.25, 0.3) is 0 Å². The molecule has 2 nitrogen and oxygen atoms in total. The highest BCUT2D eigenvalue weighted by atomic mass is 35.5. The summed E-state index contributed by atoms with van der Waals surface area (Å²) in [5, 5.41) is 1.46. The van der Waals surface area contributed by atoms with Crippen molar-refractivity contribution in [2.75, 3.05) is 20.1 Å². The van der Waals surface area contributed by atoms with E-state index in [4.69, 9.17) is 28.9 Å². The highest BCUT2D eigenvalue weighted by Gasteiger charge is 2.28. The SMILES string of the molecule is CN1Cc2c(Cl)cc(Cl)cc2C(c2cccc(C(C)(C)CN)c2)C1. The summed E-state index contributed by atoms with van der Waals surface area (Å²) in [6.45, 7) is 6.79. The topological polar surface area (TPSA) is 29.3 Å². The summed E-state index contributed by atoms with van der Waals surface area (Å²) < 4.78 is 0. The van der Waals surface area contributed by atoms with E-state index in [9.17, 15) is 0 Å². The van der Waals surface area contributed by atoms with Crippen molar-refractivity contribution in [1.82, 2.24) is 4.90 Å². The van der Waals surface area contributed by atoms with Gasteiger partial charge in [-0.25, -0.2) is 0 Å². The molecule has 0 fully saturated rings. The van der Waals surface area contributed by atoms with Crippen molar-refractivity contribution in [3.05, 3.63) is 68.7 Å². The molecule has 2 N–H and O–H groups in total. The van der Waals surface area contributed by atoms with Gasteiger partial charge >= 0.3 is 0 Å². The molecule has 2 aromatic carbocycles. The number of nitrogens with zero attached hydrogens (tertiary/aromatic N) is 1.